The third-order valence-electron chi connectivity index (χ3n) is 4.54. The molecule has 1 aromatic heterocycles. The van der Waals surface area contributed by atoms with Gasteiger partial charge >= 0.3 is 0 Å². The summed E-state index contributed by atoms with van der Waals surface area (Å²) in [5.74, 6) is 0.0869. The summed E-state index contributed by atoms with van der Waals surface area (Å²) in [7, 11) is 0. The molecule has 3 rings (SSSR count). The van der Waals surface area contributed by atoms with E-state index in [1.54, 1.807) is 11.3 Å². The van der Waals surface area contributed by atoms with E-state index in [1.807, 2.05) is 11.1 Å². The van der Waals surface area contributed by atoms with Crippen LogP contribution in [0.25, 0.3) is 0 Å². The minimum absolute atomic E-state index is 0. The smallest absolute Gasteiger partial charge is 0.242 e. The lowest BCUT2D eigenvalue weighted by atomic mass is 9.89. The zero-order valence-electron chi connectivity index (χ0n) is 13.9. The van der Waals surface area contributed by atoms with Crippen molar-refractivity contribution in [2.45, 2.75) is 31.7 Å². The Morgan fingerprint density at radius 1 is 1.29 bits per heavy atom. The van der Waals surface area contributed by atoms with Crippen LogP contribution in [0, 0.1) is 0 Å². The largest absolute Gasteiger partial charge is 0.381 e. The highest BCUT2D eigenvalue weighted by Crippen LogP contribution is 2.25. The molecule has 0 aliphatic carbocycles. The van der Waals surface area contributed by atoms with Gasteiger partial charge in [-0.05, 0) is 19.3 Å². The Bertz CT molecular complexity index is 529. The molecular formula is C15H26Cl2N4O2S. The molecule has 0 saturated carbocycles. The monoisotopic (exact) mass is 396 g/mol. The number of carbonyl (C=O) groups is 1. The van der Waals surface area contributed by atoms with Gasteiger partial charge in [-0.3, -0.25) is 4.79 Å². The van der Waals surface area contributed by atoms with Crippen LogP contribution in [-0.2, 0) is 16.0 Å². The second-order valence-electron chi connectivity index (χ2n) is 6.01. The van der Waals surface area contributed by atoms with Gasteiger partial charge in [-0.1, -0.05) is 6.92 Å². The topological polar surface area (TPSA) is 71.7 Å². The molecule has 1 aromatic rings. The third kappa shape index (κ3) is 4.52. The van der Waals surface area contributed by atoms with Crippen LogP contribution >= 0.6 is 36.2 Å². The van der Waals surface area contributed by atoms with Gasteiger partial charge < -0.3 is 20.3 Å². The van der Waals surface area contributed by atoms with Crippen LogP contribution in [0.15, 0.2) is 6.20 Å². The second-order valence-corrected chi connectivity index (χ2v) is 7.10. The summed E-state index contributed by atoms with van der Waals surface area (Å²) in [4.78, 5) is 22.6. The number of rotatable bonds is 3. The Hall–Kier alpha value is -0.600. The standard InChI is InChI=1S/C15H24N4O2S.2ClH/c1-2-12-11-17-14(22-12)19-7-5-18(6-8-19)13(20)15(16)3-9-21-10-4-15;;/h11H,2-10,16H2,1H3;2*1H. The van der Waals surface area contributed by atoms with Crippen LogP contribution in [0.4, 0.5) is 5.13 Å². The van der Waals surface area contributed by atoms with E-state index in [2.05, 4.69) is 16.8 Å². The van der Waals surface area contributed by atoms with Gasteiger partial charge in [-0.2, -0.15) is 0 Å². The van der Waals surface area contributed by atoms with Crippen molar-refractivity contribution in [1.82, 2.24) is 9.88 Å². The lowest BCUT2D eigenvalue weighted by Gasteiger charge is -2.40. The number of aromatic nitrogens is 1. The van der Waals surface area contributed by atoms with Gasteiger partial charge in [0.15, 0.2) is 5.13 Å². The van der Waals surface area contributed by atoms with E-state index < -0.39 is 5.54 Å². The maximum absolute atomic E-state index is 12.7. The maximum Gasteiger partial charge on any atom is 0.242 e. The quantitative estimate of drug-likeness (QED) is 0.841. The second kappa shape index (κ2) is 9.20. The Balaban J connectivity index is 0.00000144. The van der Waals surface area contributed by atoms with Crippen LogP contribution < -0.4 is 10.6 Å². The van der Waals surface area contributed by atoms with E-state index in [4.69, 9.17) is 10.5 Å². The molecule has 0 radical (unpaired) electrons. The van der Waals surface area contributed by atoms with Gasteiger partial charge in [0.2, 0.25) is 5.91 Å². The minimum atomic E-state index is -0.725. The van der Waals surface area contributed by atoms with Crippen LogP contribution in [0.1, 0.15) is 24.6 Å². The van der Waals surface area contributed by atoms with Crippen molar-refractivity contribution in [3.8, 4) is 0 Å². The number of hydrogen-bond donors (Lipinski definition) is 1. The van der Waals surface area contributed by atoms with E-state index >= 15 is 0 Å². The van der Waals surface area contributed by atoms with Crippen molar-refractivity contribution >= 4 is 47.2 Å². The first-order valence-corrected chi connectivity index (χ1v) is 8.80. The summed E-state index contributed by atoms with van der Waals surface area (Å²) in [5.41, 5.74) is 5.58. The molecule has 9 heteroatoms. The first-order valence-electron chi connectivity index (χ1n) is 7.98. The number of aryl methyl sites for hydroxylation is 1. The van der Waals surface area contributed by atoms with Crippen LogP contribution in [0.5, 0.6) is 0 Å². The lowest BCUT2D eigenvalue weighted by molar-refractivity contribution is -0.140. The number of ether oxygens (including phenoxy) is 1. The highest BCUT2D eigenvalue weighted by molar-refractivity contribution is 7.15. The van der Waals surface area contributed by atoms with Crippen molar-refractivity contribution in [3.63, 3.8) is 0 Å². The Morgan fingerprint density at radius 2 is 1.92 bits per heavy atom. The molecule has 2 saturated heterocycles. The van der Waals surface area contributed by atoms with Gasteiger partial charge in [0, 0.05) is 50.5 Å². The molecule has 2 fully saturated rings. The van der Waals surface area contributed by atoms with Crippen LogP contribution in [-0.4, -0.2) is 60.7 Å². The number of anilines is 1. The summed E-state index contributed by atoms with van der Waals surface area (Å²) in [5, 5.41) is 1.07. The number of hydrogen-bond acceptors (Lipinski definition) is 6. The summed E-state index contributed by atoms with van der Waals surface area (Å²) in [6.07, 6.45) is 4.22. The molecule has 2 N–H and O–H groups in total. The minimum Gasteiger partial charge on any atom is -0.381 e. The van der Waals surface area contributed by atoms with Gasteiger partial charge in [-0.25, -0.2) is 4.98 Å². The number of nitrogens with two attached hydrogens (primary N) is 1. The van der Waals surface area contributed by atoms with E-state index in [0.29, 0.717) is 26.1 Å². The predicted molar refractivity (Wildman–Crippen MR) is 102 cm³/mol. The number of carbonyl (C=O) groups excluding carboxylic acids is 1. The number of amides is 1. The van der Waals surface area contributed by atoms with Crippen molar-refractivity contribution in [2.75, 3.05) is 44.3 Å². The summed E-state index contributed by atoms with van der Waals surface area (Å²) < 4.78 is 5.32. The van der Waals surface area contributed by atoms with Crippen molar-refractivity contribution in [2.24, 2.45) is 5.73 Å². The van der Waals surface area contributed by atoms with E-state index in [1.165, 1.54) is 4.88 Å². The molecular weight excluding hydrogens is 371 g/mol. The number of nitrogens with zero attached hydrogens (tertiary/aromatic N) is 3. The number of halogens is 2. The zero-order valence-corrected chi connectivity index (χ0v) is 16.4. The maximum atomic E-state index is 12.7. The molecule has 0 unspecified atom stereocenters. The molecule has 24 heavy (non-hydrogen) atoms. The van der Waals surface area contributed by atoms with Crippen molar-refractivity contribution in [1.29, 1.82) is 0 Å². The molecule has 3 heterocycles. The molecule has 138 valence electrons. The van der Waals surface area contributed by atoms with E-state index in [-0.39, 0.29) is 30.7 Å². The van der Waals surface area contributed by atoms with E-state index in [9.17, 15) is 4.79 Å². The van der Waals surface area contributed by atoms with Gasteiger partial charge in [0.25, 0.3) is 0 Å². The van der Waals surface area contributed by atoms with Crippen LogP contribution in [0.2, 0.25) is 0 Å². The summed E-state index contributed by atoms with van der Waals surface area (Å²) >= 11 is 1.75. The first-order chi connectivity index (χ1) is 10.6. The molecule has 6 nitrogen and oxygen atoms in total. The molecule has 0 spiro atoms. The van der Waals surface area contributed by atoms with Gasteiger partial charge in [-0.15, -0.1) is 36.2 Å². The summed E-state index contributed by atoms with van der Waals surface area (Å²) in [6, 6.07) is 0. The van der Waals surface area contributed by atoms with E-state index in [0.717, 1.165) is 37.7 Å². The fraction of sp³-hybridized carbons (Fsp3) is 0.733. The average molecular weight is 397 g/mol. The Morgan fingerprint density at radius 3 is 2.46 bits per heavy atom. The Kier molecular flexibility index (Phi) is 8.22. The average Bonchev–Trinajstić information content (AvgIpc) is 3.04. The SMILES string of the molecule is CCc1cnc(N2CCN(C(=O)C3(N)CCOCC3)CC2)s1.Cl.Cl. The molecule has 0 bridgehead atoms. The van der Waals surface area contributed by atoms with Crippen LogP contribution in [0.3, 0.4) is 0 Å². The van der Waals surface area contributed by atoms with Crippen molar-refractivity contribution in [3.05, 3.63) is 11.1 Å². The molecule has 0 aromatic carbocycles. The fourth-order valence-corrected chi connectivity index (χ4v) is 3.87. The highest BCUT2D eigenvalue weighted by Gasteiger charge is 2.39. The Labute approximate surface area is 159 Å². The number of piperazine rings is 1. The molecule has 0 atom stereocenters. The fourth-order valence-electron chi connectivity index (χ4n) is 2.97. The normalized spacial score (nSPS) is 20.1. The third-order valence-corrected chi connectivity index (χ3v) is 5.74. The molecule has 2 aliphatic heterocycles. The molecule has 2 aliphatic rings. The summed E-state index contributed by atoms with van der Waals surface area (Å²) in [6.45, 7) is 6.41. The first kappa shape index (κ1) is 21.4. The van der Waals surface area contributed by atoms with Gasteiger partial charge in [0.05, 0.1) is 5.54 Å². The van der Waals surface area contributed by atoms with Crippen molar-refractivity contribution < 1.29 is 9.53 Å². The molecule has 1 amide bonds. The number of thiazole rings is 1. The highest BCUT2D eigenvalue weighted by atomic mass is 35.5. The van der Waals surface area contributed by atoms with Gasteiger partial charge in [0.1, 0.15) is 0 Å². The lowest BCUT2D eigenvalue weighted by Crippen LogP contribution is -2.61. The predicted octanol–water partition coefficient (Wildman–Crippen LogP) is 1.71. The zero-order chi connectivity index (χ0) is 15.6.